The predicted molar refractivity (Wildman–Crippen MR) is 75.6 cm³/mol. The summed E-state index contributed by atoms with van der Waals surface area (Å²) in [6.45, 7) is 3.45. The monoisotopic (exact) mass is 297 g/mol. The predicted octanol–water partition coefficient (Wildman–Crippen LogP) is 2.21. The topological polar surface area (TPSA) is 75.6 Å². The Morgan fingerprint density at radius 1 is 1.38 bits per heavy atom. The smallest absolute Gasteiger partial charge is 0.310 e. The van der Waals surface area contributed by atoms with Crippen LogP contribution in [0.5, 0.6) is 5.75 Å². The van der Waals surface area contributed by atoms with Crippen molar-refractivity contribution in [1.29, 1.82) is 0 Å². The van der Waals surface area contributed by atoms with Gasteiger partial charge in [-0.15, -0.1) is 0 Å². The Balaban J connectivity index is 2.21. The number of carboxylic acid groups (broad SMARTS) is 1. The number of ether oxygens (including phenoxy) is 1. The molecule has 0 aliphatic rings. The highest BCUT2D eigenvalue weighted by molar-refractivity contribution is 5.78. The first-order valence-corrected chi connectivity index (χ1v) is 6.70. The normalized spacial score (nSPS) is 11.0. The van der Waals surface area contributed by atoms with Gasteiger partial charge in [0.15, 0.2) is 0 Å². The third kappa shape index (κ3) is 6.25. The van der Waals surface area contributed by atoms with Crippen molar-refractivity contribution < 1.29 is 23.8 Å². The zero-order valence-electron chi connectivity index (χ0n) is 12.2. The van der Waals surface area contributed by atoms with E-state index >= 15 is 0 Å². The number of hydrogen-bond acceptors (Lipinski definition) is 3. The van der Waals surface area contributed by atoms with Gasteiger partial charge in [-0.05, 0) is 32.4 Å². The van der Waals surface area contributed by atoms with Crippen LogP contribution in [0, 0.1) is 11.2 Å². The molecule has 0 saturated heterocycles. The van der Waals surface area contributed by atoms with E-state index in [1.807, 2.05) is 0 Å². The number of rotatable bonds is 8. The van der Waals surface area contributed by atoms with Gasteiger partial charge >= 0.3 is 5.97 Å². The lowest BCUT2D eigenvalue weighted by atomic mass is 9.94. The zero-order chi connectivity index (χ0) is 15.9. The van der Waals surface area contributed by atoms with Crippen molar-refractivity contribution in [1.82, 2.24) is 5.32 Å². The highest BCUT2D eigenvalue weighted by Gasteiger charge is 2.27. The van der Waals surface area contributed by atoms with Gasteiger partial charge in [0.1, 0.15) is 11.6 Å². The fourth-order valence-corrected chi connectivity index (χ4v) is 1.46. The van der Waals surface area contributed by atoms with Crippen molar-refractivity contribution in [2.45, 2.75) is 26.7 Å². The number of nitrogens with one attached hydrogen (secondary N) is 1. The molecule has 6 heteroatoms. The molecule has 0 saturated carbocycles. The minimum Gasteiger partial charge on any atom is -0.493 e. The van der Waals surface area contributed by atoms with Crippen LogP contribution >= 0.6 is 0 Å². The quantitative estimate of drug-likeness (QED) is 0.721. The molecule has 0 atom stereocenters. The second kappa shape index (κ2) is 7.61. The van der Waals surface area contributed by atoms with Crippen molar-refractivity contribution in [2.24, 2.45) is 5.41 Å². The summed E-state index contributed by atoms with van der Waals surface area (Å²) in [4.78, 5) is 22.4. The maximum Gasteiger partial charge on any atom is 0.310 e. The number of hydrogen-bond donors (Lipinski definition) is 2. The van der Waals surface area contributed by atoms with E-state index in [9.17, 15) is 14.0 Å². The molecule has 0 aromatic heterocycles. The molecule has 0 unspecified atom stereocenters. The highest BCUT2D eigenvalue weighted by Crippen LogP contribution is 2.14. The van der Waals surface area contributed by atoms with Crippen molar-refractivity contribution in [3.05, 3.63) is 30.1 Å². The van der Waals surface area contributed by atoms with E-state index in [4.69, 9.17) is 9.84 Å². The summed E-state index contributed by atoms with van der Waals surface area (Å²) < 4.78 is 18.2. The molecule has 1 amide bonds. The molecule has 0 aliphatic carbocycles. The van der Waals surface area contributed by atoms with Crippen LogP contribution in [0.1, 0.15) is 26.7 Å². The summed E-state index contributed by atoms with van der Waals surface area (Å²) in [6, 6.07) is 5.78. The van der Waals surface area contributed by atoms with E-state index in [0.29, 0.717) is 18.8 Å². The summed E-state index contributed by atoms with van der Waals surface area (Å²) in [5.74, 6) is -1.15. The van der Waals surface area contributed by atoms with Crippen LogP contribution < -0.4 is 10.1 Å². The Hall–Kier alpha value is -2.11. The molecule has 0 aliphatic heterocycles. The van der Waals surface area contributed by atoms with Crippen molar-refractivity contribution >= 4 is 11.9 Å². The van der Waals surface area contributed by atoms with Gasteiger partial charge in [-0.1, -0.05) is 6.07 Å². The molecule has 21 heavy (non-hydrogen) atoms. The number of carboxylic acids is 1. The second-order valence-electron chi connectivity index (χ2n) is 5.38. The van der Waals surface area contributed by atoms with Crippen LogP contribution in [0.4, 0.5) is 4.39 Å². The number of halogens is 1. The molecule has 1 aromatic rings. The molecule has 0 spiro atoms. The standard InChI is InChI=1S/C15H20FNO4/c1-15(2,14(19)20)10-17-13(18)7-4-8-21-12-6-3-5-11(16)9-12/h3,5-6,9H,4,7-8,10H2,1-2H3,(H,17,18)(H,19,20). The summed E-state index contributed by atoms with van der Waals surface area (Å²) in [6.07, 6.45) is 0.695. The first kappa shape index (κ1) is 16.9. The Kier molecular flexibility index (Phi) is 6.14. The molecule has 1 aromatic carbocycles. The van der Waals surface area contributed by atoms with Crippen LogP contribution in [-0.4, -0.2) is 30.1 Å². The van der Waals surface area contributed by atoms with Crippen LogP contribution in [0.2, 0.25) is 0 Å². The first-order chi connectivity index (χ1) is 9.81. The number of carbonyl (C=O) groups is 2. The third-order valence-electron chi connectivity index (χ3n) is 2.92. The molecule has 0 heterocycles. The Morgan fingerprint density at radius 2 is 2.10 bits per heavy atom. The van der Waals surface area contributed by atoms with Gasteiger partial charge in [-0.3, -0.25) is 9.59 Å². The molecule has 1 rings (SSSR count). The van der Waals surface area contributed by atoms with Crippen molar-refractivity contribution in [3.8, 4) is 5.75 Å². The lowest BCUT2D eigenvalue weighted by Gasteiger charge is -2.19. The molecular weight excluding hydrogens is 277 g/mol. The lowest BCUT2D eigenvalue weighted by Crippen LogP contribution is -2.38. The fraction of sp³-hybridized carbons (Fsp3) is 0.467. The van der Waals surface area contributed by atoms with Crippen LogP contribution in [0.25, 0.3) is 0 Å². The van der Waals surface area contributed by atoms with E-state index in [1.165, 1.54) is 12.1 Å². The fourth-order valence-electron chi connectivity index (χ4n) is 1.46. The number of aliphatic carboxylic acids is 1. The molecule has 116 valence electrons. The van der Waals surface area contributed by atoms with Crippen LogP contribution in [-0.2, 0) is 9.59 Å². The Morgan fingerprint density at radius 3 is 2.71 bits per heavy atom. The average molecular weight is 297 g/mol. The molecular formula is C15H20FNO4. The number of benzene rings is 1. The minimum absolute atomic E-state index is 0.0753. The van der Waals surface area contributed by atoms with Crippen molar-refractivity contribution in [3.63, 3.8) is 0 Å². The van der Waals surface area contributed by atoms with Gasteiger partial charge in [0.05, 0.1) is 12.0 Å². The third-order valence-corrected chi connectivity index (χ3v) is 2.92. The largest absolute Gasteiger partial charge is 0.493 e. The van der Waals surface area contributed by atoms with E-state index in [-0.39, 0.29) is 24.7 Å². The molecule has 0 bridgehead atoms. The van der Waals surface area contributed by atoms with Gasteiger partial charge < -0.3 is 15.2 Å². The number of amides is 1. The Labute approximate surface area is 123 Å². The van der Waals surface area contributed by atoms with Gasteiger partial charge in [0.25, 0.3) is 0 Å². The van der Waals surface area contributed by atoms with E-state index < -0.39 is 11.4 Å². The van der Waals surface area contributed by atoms with Crippen LogP contribution in [0.15, 0.2) is 24.3 Å². The summed E-state index contributed by atoms with van der Waals surface area (Å²) >= 11 is 0. The molecule has 0 fully saturated rings. The lowest BCUT2D eigenvalue weighted by molar-refractivity contribution is -0.146. The van der Waals surface area contributed by atoms with E-state index in [1.54, 1.807) is 26.0 Å². The summed E-state index contributed by atoms with van der Waals surface area (Å²) in [7, 11) is 0. The van der Waals surface area contributed by atoms with E-state index in [0.717, 1.165) is 0 Å². The highest BCUT2D eigenvalue weighted by atomic mass is 19.1. The van der Waals surface area contributed by atoms with Crippen LogP contribution in [0.3, 0.4) is 0 Å². The summed E-state index contributed by atoms with van der Waals surface area (Å²) in [5.41, 5.74) is -0.992. The SMILES string of the molecule is CC(C)(CNC(=O)CCCOc1cccc(F)c1)C(=O)O. The Bertz CT molecular complexity index is 502. The molecule has 0 radical (unpaired) electrons. The number of carbonyl (C=O) groups excluding carboxylic acids is 1. The molecule has 5 nitrogen and oxygen atoms in total. The minimum atomic E-state index is -0.992. The van der Waals surface area contributed by atoms with Gasteiger partial charge in [-0.25, -0.2) is 4.39 Å². The maximum atomic E-state index is 12.9. The van der Waals surface area contributed by atoms with Crippen molar-refractivity contribution in [2.75, 3.05) is 13.2 Å². The molecule has 2 N–H and O–H groups in total. The maximum absolute atomic E-state index is 12.9. The van der Waals surface area contributed by atoms with Gasteiger partial charge in [0.2, 0.25) is 5.91 Å². The zero-order valence-corrected chi connectivity index (χ0v) is 12.2. The van der Waals surface area contributed by atoms with E-state index in [2.05, 4.69) is 5.32 Å². The van der Waals surface area contributed by atoms with Gasteiger partial charge in [-0.2, -0.15) is 0 Å². The summed E-state index contributed by atoms with van der Waals surface area (Å²) in [5, 5.41) is 11.5. The first-order valence-electron chi connectivity index (χ1n) is 6.70. The second-order valence-corrected chi connectivity index (χ2v) is 5.38. The average Bonchev–Trinajstić information content (AvgIpc) is 2.41. The van der Waals surface area contributed by atoms with Gasteiger partial charge in [0, 0.05) is 19.0 Å².